The Morgan fingerprint density at radius 1 is 1.53 bits per heavy atom. The number of aliphatic hydroxyl groups excluding tert-OH is 1. The van der Waals surface area contributed by atoms with Gasteiger partial charge in [0, 0.05) is 25.3 Å². The Kier molecular flexibility index (Phi) is 3.57. The van der Waals surface area contributed by atoms with Crippen LogP contribution in [0.15, 0.2) is 27.4 Å². The fourth-order valence-corrected chi connectivity index (χ4v) is 1.75. The molecule has 7 heteroatoms. The van der Waals surface area contributed by atoms with E-state index in [-0.39, 0.29) is 13.0 Å². The molecule has 0 aliphatic rings. The molecule has 19 heavy (non-hydrogen) atoms. The van der Waals surface area contributed by atoms with Crippen LogP contribution in [0.25, 0.3) is 11.1 Å². The highest BCUT2D eigenvalue weighted by Crippen LogP contribution is 2.17. The van der Waals surface area contributed by atoms with Gasteiger partial charge in [-0.1, -0.05) is 0 Å². The number of carbonyl (C=O) groups is 1. The number of aromatic nitrogens is 1. The number of aryl methyl sites for hydroxylation is 1. The molecule has 0 aliphatic carbocycles. The zero-order valence-electron chi connectivity index (χ0n) is 10.3. The number of oxazole rings is 1. The zero-order valence-corrected chi connectivity index (χ0v) is 10.3. The quantitative estimate of drug-likeness (QED) is 0.722. The molecule has 2 rings (SSSR count). The average molecular weight is 266 g/mol. The van der Waals surface area contributed by atoms with Gasteiger partial charge in [0.1, 0.15) is 0 Å². The van der Waals surface area contributed by atoms with Crippen molar-refractivity contribution < 1.29 is 19.4 Å². The lowest BCUT2D eigenvalue weighted by atomic mass is 10.2. The smallest absolute Gasteiger partial charge is 0.419 e. The molecule has 1 heterocycles. The van der Waals surface area contributed by atoms with Gasteiger partial charge in [-0.05, 0) is 12.1 Å². The lowest BCUT2D eigenvalue weighted by molar-refractivity contribution is -0.138. The maximum absolute atomic E-state index is 11.3. The maximum Gasteiger partial charge on any atom is 0.419 e. The fourth-order valence-electron chi connectivity index (χ4n) is 1.75. The predicted octanol–water partition coefficient (Wildman–Crippen LogP) is 0.379. The summed E-state index contributed by atoms with van der Waals surface area (Å²) in [6, 6.07) is 5.07. The second-order valence-corrected chi connectivity index (χ2v) is 4.24. The number of hydrogen-bond donors (Lipinski definition) is 3. The summed E-state index contributed by atoms with van der Waals surface area (Å²) in [5.41, 5.74) is 1.75. The molecule has 3 N–H and O–H groups in total. The van der Waals surface area contributed by atoms with Crippen molar-refractivity contribution in [3.8, 4) is 0 Å². The Balaban J connectivity index is 2.09. The van der Waals surface area contributed by atoms with Crippen LogP contribution >= 0.6 is 0 Å². The van der Waals surface area contributed by atoms with E-state index in [4.69, 9.17) is 9.52 Å². The van der Waals surface area contributed by atoms with E-state index in [1.54, 1.807) is 25.2 Å². The lowest BCUT2D eigenvalue weighted by Crippen LogP contribution is -2.22. The minimum Gasteiger partial charge on any atom is -0.481 e. The number of rotatable bonds is 5. The molecule has 0 fully saturated rings. The molecular weight excluding hydrogens is 252 g/mol. The van der Waals surface area contributed by atoms with Crippen LogP contribution in [0.5, 0.6) is 0 Å². The highest BCUT2D eigenvalue weighted by atomic mass is 16.4. The second kappa shape index (κ2) is 5.15. The number of hydrogen-bond acceptors (Lipinski definition) is 5. The molecule has 2 aromatic rings. The average Bonchev–Trinajstić information content (AvgIpc) is 2.61. The third-order valence-electron chi connectivity index (χ3n) is 2.74. The number of aliphatic carboxylic acids is 1. The van der Waals surface area contributed by atoms with Crippen LogP contribution in [0.3, 0.4) is 0 Å². The minimum absolute atomic E-state index is 0.106. The molecule has 0 spiro atoms. The molecule has 0 amide bonds. The number of aliphatic hydroxyl groups is 1. The molecule has 0 saturated heterocycles. The first-order valence-electron chi connectivity index (χ1n) is 5.70. The number of nitrogens with zero attached hydrogens (tertiary/aromatic N) is 1. The van der Waals surface area contributed by atoms with E-state index in [1.165, 1.54) is 4.57 Å². The van der Waals surface area contributed by atoms with Gasteiger partial charge >= 0.3 is 11.7 Å². The van der Waals surface area contributed by atoms with Gasteiger partial charge < -0.3 is 19.9 Å². The molecule has 1 unspecified atom stereocenters. The predicted molar refractivity (Wildman–Crippen MR) is 68.2 cm³/mol. The van der Waals surface area contributed by atoms with Gasteiger partial charge in [-0.3, -0.25) is 9.36 Å². The Morgan fingerprint density at radius 2 is 2.26 bits per heavy atom. The van der Waals surface area contributed by atoms with Gasteiger partial charge in [-0.25, -0.2) is 4.79 Å². The van der Waals surface area contributed by atoms with Crippen molar-refractivity contribution in [2.45, 2.75) is 12.5 Å². The molecule has 0 radical (unpaired) electrons. The van der Waals surface area contributed by atoms with Crippen molar-refractivity contribution in [3.05, 3.63) is 28.7 Å². The molecular formula is C12H14N2O5. The number of benzene rings is 1. The molecule has 1 aromatic heterocycles. The molecule has 1 atom stereocenters. The number of carboxylic acids is 1. The van der Waals surface area contributed by atoms with Crippen LogP contribution in [0.1, 0.15) is 6.42 Å². The lowest BCUT2D eigenvalue weighted by Gasteiger charge is -2.10. The van der Waals surface area contributed by atoms with Gasteiger partial charge in [0.25, 0.3) is 0 Å². The molecule has 102 valence electrons. The summed E-state index contributed by atoms with van der Waals surface area (Å²) in [4.78, 5) is 21.7. The summed E-state index contributed by atoms with van der Waals surface area (Å²) >= 11 is 0. The molecule has 0 bridgehead atoms. The van der Waals surface area contributed by atoms with Crippen LogP contribution in [0, 0.1) is 0 Å². The van der Waals surface area contributed by atoms with Crippen LogP contribution in [0.2, 0.25) is 0 Å². The molecule has 0 saturated carbocycles. The van der Waals surface area contributed by atoms with Crippen LogP contribution < -0.4 is 11.1 Å². The van der Waals surface area contributed by atoms with Gasteiger partial charge in [0.15, 0.2) is 5.58 Å². The number of nitrogens with one attached hydrogen (secondary N) is 1. The van der Waals surface area contributed by atoms with Crippen molar-refractivity contribution in [1.29, 1.82) is 0 Å². The third kappa shape index (κ3) is 2.94. The summed E-state index contributed by atoms with van der Waals surface area (Å²) in [5, 5.41) is 20.8. The fraction of sp³-hybridized carbons (Fsp3) is 0.333. The Hall–Kier alpha value is -2.28. The van der Waals surface area contributed by atoms with Crippen LogP contribution in [-0.4, -0.2) is 33.4 Å². The Morgan fingerprint density at radius 3 is 2.95 bits per heavy atom. The monoisotopic (exact) mass is 266 g/mol. The largest absolute Gasteiger partial charge is 0.481 e. The maximum atomic E-state index is 11.3. The zero-order chi connectivity index (χ0) is 14.0. The van der Waals surface area contributed by atoms with E-state index >= 15 is 0 Å². The first-order valence-corrected chi connectivity index (χ1v) is 5.70. The molecule has 7 nitrogen and oxygen atoms in total. The van der Waals surface area contributed by atoms with Crippen molar-refractivity contribution in [2.75, 3.05) is 11.9 Å². The van der Waals surface area contributed by atoms with Gasteiger partial charge in [0.05, 0.1) is 18.0 Å². The molecule has 0 aliphatic heterocycles. The highest BCUT2D eigenvalue weighted by Gasteiger charge is 2.10. The topological polar surface area (TPSA) is 105 Å². The van der Waals surface area contributed by atoms with Gasteiger partial charge in [-0.15, -0.1) is 0 Å². The van der Waals surface area contributed by atoms with Crippen LogP contribution in [-0.2, 0) is 11.8 Å². The number of carboxylic acid groups (broad SMARTS) is 1. The van der Waals surface area contributed by atoms with Gasteiger partial charge in [0.2, 0.25) is 0 Å². The summed E-state index contributed by atoms with van der Waals surface area (Å²) in [7, 11) is 1.61. The Bertz CT molecular complexity index is 658. The normalized spacial score (nSPS) is 12.5. The number of fused-ring (bicyclic) bond motifs is 1. The van der Waals surface area contributed by atoms with E-state index in [0.717, 1.165) is 0 Å². The first kappa shape index (κ1) is 13.2. The highest BCUT2D eigenvalue weighted by molar-refractivity contribution is 5.77. The Labute approximate surface area is 108 Å². The van der Waals surface area contributed by atoms with E-state index in [9.17, 15) is 14.7 Å². The summed E-state index contributed by atoms with van der Waals surface area (Å²) in [6.45, 7) is 0.106. The summed E-state index contributed by atoms with van der Waals surface area (Å²) < 4.78 is 6.41. The van der Waals surface area contributed by atoms with E-state index in [1.807, 2.05) is 0 Å². The van der Waals surface area contributed by atoms with Crippen LogP contribution in [0.4, 0.5) is 5.69 Å². The van der Waals surface area contributed by atoms with E-state index in [0.29, 0.717) is 16.8 Å². The summed E-state index contributed by atoms with van der Waals surface area (Å²) in [6.07, 6.45) is -1.30. The first-order chi connectivity index (χ1) is 8.97. The van der Waals surface area contributed by atoms with Crippen molar-refractivity contribution in [1.82, 2.24) is 4.57 Å². The second-order valence-electron chi connectivity index (χ2n) is 4.24. The van der Waals surface area contributed by atoms with Gasteiger partial charge in [-0.2, -0.15) is 0 Å². The van der Waals surface area contributed by atoms with Crippen molar-refractivity contribution >= 4 is 22.8 Å². The van der Waals surface area contributed by atoms with Crippen molar-refractivity contribution in [2.24, 2.45) is 7.05 Å². The van der Waals surface area contributed by atoms with E-state index < -0.39 is 17.8 Å². The number of anilines is 1. The minimum atomic E-state index is -1.06. The van der Waals surface area contributed by atoms with E-state index in [2.05, 4.69) is 5.32 Å². The summed E-state index contributed by atoms with van der Waals surface area (Å²) in [5.74, 6) is -1.50. The third-order valence-corrected chi connectivity index (χ3v) is 2.74. The molecule has 1 aromatic carbocycles. The van der Waals surface area contributed by atoms with Crippen molar-refractivity contribution in [3.63, 3.8) is 0 Å². The SMILES string of the molecule is Cn1c(=O)oc2cc(NCC(O)CC(=O)O)ccc21. The standard InChI is InChI=1S/C12H14N2O5/c1-14-9-3-2-7(4-10(9)19-12(14)18)13-6-8(15)5-11(16)17/h2-4,8,13,15H,5-6H2,1H3,(H,16,17).